The highest BCUT2D eigenvalue weighted by molar-refractivity contribution is 7.90. The second-order valence-corrected chi connectivity index (χ2v) is 22.7. The summed E-state index contributed by atoms with van der Waals surface area (Å²) < 4.78 is 59.2. The van der Waals surface area contributed by atoms with Crippen LogP contribution in [-0.4, -0.2) is 70.7 Å². The third-order valence-electron chi connectivity index (χ3n) is 8.50. The quantitative estimate of drug-likeness (QED) is 0.308. The zero-order valence-electron chi connectivity index (χ0n) is 25.0. The third-order valence-corrected chi connectivity index (χ3v) is 19.8. The Morgan fingerprint density at radius 2 is 1.61 bits per heavy atom. The average Bonchev–Trinajstić information content (AvgIpc) is 3.17. The molecule has 232 valence electrons. The molecule has 0 bridgehead atoms. The standard InChI is InChI=1S/C25H43N3O10SSi2/c1-13(2)40(14(3)4)34-11-18(36-41(38-40,15(5)6)16(7)8)21-25(19(26)12-39(32,33)37-25)20(29)23(35-21)28-10-17(9)22(30)27-24(28)31/h10,12-16,18,20-21,23,29H,11,26H2,1-9H3,(H,27,30,31)/t18?,20?,21-,23-,25?/m1/s1. The Bertz CT molecular complexity index is 1410. The Balaban J connectivity index is 1.91. The van der Waals surface area contributed by atoms with Crippen molar-refractivity contribution in [2.45, 2.75) is 115 Å². The second-order valence-electron chi connectivity index (χ2n) is 12.4. The van der Waals surface area contributed by atoms with Crippen LogP contribution in [-0.2, 0) is 32.0 Å². The predicted molar refractivity (Wildman–Crippen MR) is 155 cm³/mol. The molecule has 0 aliphatic carbocycles. The van der Waals surface area contributed by atoms with Gasteiger partial charge in [-0.25, -0.2) is 8.98 Å². The van der Waals surface area contributed by atoms with Gasteiger partial charge in [-0.2, -0.15) is 8.42 Å². The smallest absolute Gasteiger partial charge is 0.335 e. The summed E-state index contributed by atoms with van der Waals surface area (Å²) in [6, 6.07) is 0. The molecule has 0 radical (unpaired) electrons. The molecule has 3 unspecified atom stereocenters. The van der Waals surface area contributed by atoms with Gasteiger partial charge in [-0.1, -0.05) is 55.4 Å². The number of aromatic amines is 1. The van der Waals surface area contributed by atoms with Crippen molar-refractivity contribution < 1.29 is 35.4 Å². The van der Waals surface area contributed by atoms with Crippen molar-refractivity contribution in [1.82, 2.24) is 9.55 Å². The van der Waals surface area contributed by atoms with E-state index in [1.54, 1.807) is 0 Å². The number of aromatic nitrogens is 2. The molecule has 0 saturated carbocycles. The van der Waals surface area contributed by atoms with E-state index < -0.39 is 68.6 Å². The maximum atomic E-state index is 12.8. The molecule has 0 aromatic carbocycles. The molecule has 1 aromatic heterocycles. The lowest BCUT2D eigenvalue weighted by Crippen LogP contribution is -2.61. The summed E-state index contributed by atoms with van der Waals surface area (Å²) in [5, 5.41) is 12.4. The number of aliphatic hydroxyl groups excluding tert-OH is 1. The summed E-state index contributed by atoms with van der Waals surface area (Å²) in [6.07, 6.45) is -4.32. The summed E-state index contributed by atoms with van der Waals surface area (Å²) in [5.41, 5.74) is 2.64. The molecular weight excluding hydrogens is 591 g/mol. The van der Waals surface area contributed by atoms with E-state index in [1.807, 2.05) is 27.7 Å². The number of nitrogens with two attached hydrogens (primary N) is 1. The van der Waals surface area contributed by atoms with E-state index in [-0.39, 0.29) is 40.0 Å². The highest BCUT2D eigenvalue weighted by atomic mass is 32.2. The minimum absolute atomic E-state index is 0.0419. The van der Waals surface area contributed by atoms with Crippen LogP contribution in [0, 0.1) is 6.92 Å². The Labute approximate surface area is 242 Å². The number of ether oxygens (including phenoxy) is 1. The van der Waals surface area contributed by atoms with Crippen LogP contribution >= 0.6 is 0 Å². The molecule has 0 amide bonds. The molecule has 2 saturated heterocycles. The molecule has 3 aliphatic heterocycles. The first-order chi connectivity index (χ1) is 18.8. The molecule has 16 heteroatoms. The van der Waals surface area contributed by atoms with Gasteiger partial charge in [-0.05, 0) is 29.1 Å². The summed E-state index contributed by atoms with van der Waals surface area (Å²) in [5.74, 6) is 0. The van der Waals surface area contributed by atoms with Gasteiger partial charge in [-0.15, -0.1) is 0 Å². The monoisotopic (exact) mass is 633 g/mol. The van der Waals surface area contributed by atoms with Gasteiger partial charge >= 0.3 is 22.8 Å². The molecule has 1 aromatic rings. The van der Waals surface area contributed by atoms with Crippen LogP contribution in [0.2, 0.25) is 22.2 Å². The Morgan fingerprint density at radius 3 is 2.10 bits per heavy atom. The SMILES string of the molecule is Cc1cn([C@@H]2O[C@H](C3CO[Si](C(C)C)(C(C)C)O[Si](C(C)C)(C(C)C)O3)C3(OS(=O)(=O)C=C3N)C2O)c(=O)[nH]c1=O. The first-order valence-corrected chi connectivity index (χ1v) is 19.4. The number of hydrogen-bond donors (Lipinski definition) is 3. The van der Waals surface area contributed by atoms with Crippen LogP contribution in [0.1, 0.15) is 67.2 Å². The number of rotatable bonds is 6. The topological polar surface area (TPSA) is 181 Å². The van der Waals surface area contributed by atoms with Gasteiger partial charge in [0.1, 0.15) is 12.2 Å². The van der Waals surface area contributed by atoms with Crippen molar-refractivity contribution in [1.29, 1.82) is 0 Å². The molecular formula is C25H43N3O10SSi2. The minimum Gasteiger partial charge on any atom is -0.414 e. The van der Waals surface area contributed by atoms with Crippen molar-refractivity contribution in [3.05, 3.63) is 43.7 Å². The first-order valence-electron chi connectivity index (χ1n) is 14.0. The number of hydrogen-bond acceptors (Lipinski definition) is 11. The predicted octanol–water partition coefficient (Wildman–Crippen LogP) is 1.96. The van der Waals surface area contributed by atoms with Crippen LogP contribution in [0.5, 0.6) is 0 Å². The molecule has 1 spiro atoms. The summed E-state index contributed by atoms with van der Waals surface area (Å²) in [4.78, 5) is 27.1. The average molecular weight is 634 g/mol. The number of nitrogens with one attached hydrogen (secondary N) is 1. The Hall–Kier alpha value is -1.64. The van der Waals surface area contributed by atoms with Gasteiger partial charge in [-0.3, -0.25) is 14.3 Å². The van der Waals surface area contributed by atoms with Crippen molar-refractivity contribution in [3.63, 3.8) is 0 Å². The number of aliphatic hydroxyl groups is 1. The maximum Gasteiger partial charge on any atom is 0.335 e. The van der Waals surface area contributed by atoms with E-state index in [0.717, 1.165) is 9.98 Å². The normalized spacial score (nSPS) is 32.8. The van der Waals surface area contributed by atoms with Crippen molar-refractivity contribution in [2.24, 2.45) is 5.73 Å². The summed E-state index contributed by atoms with van der Waals surface area (Å²) >= 11 is 0. The van der Waals surface area contributed by atoms with Gasteiger partial charge < -0.3 is 28.5 Å². The molecule has 2 fully saturated rings. The number of H-pyrrole nitrogens is 1. The van der Waals surface area contributed by atoms with Crippen molar-refractivity contribution in [3.8, 4) is 0 Å². The van der Waals surface area contributed by atoms with Crippen LogP contribution in [0.4, 0.5) is 0 Å². The van der Waals surface area contributed by atoms with E-state index in [0.29, 0.717) is 0 Å². The van der Waals surface area contributed by atoms with Gasteiger partial charge in [0.2, 0.25) is 0 Å². The fourth-order valence-corrected chi connectivity index (χ4v) is 18.7. The molecule has 4 N–H and O–H groups in total. The van der Waals surface area contributed by atoms with Crippen LogP contribution in [0.25, 0.3) is 0 Å². The van der Waals surface area contributed by atoms with E-state index >= 15 is 0 Å². The Kier molecular flexibility index (Phi) is 8.52. The molecule has 3 aliphatic rings. The zero-order valence-corrected chi connectivity index (χ0v) is 27.9. The van der Waals surface area contributed by atoms with E-state index in [9.17, 15) is 23.1 Å². The Morgan fingerprint density at radius 1 is 1.05 bits per heavy atom. The van der Waals surface area contributed by atoms with Crippen LogP contribution < -0.4 is 17.0 Å². The zero-order chi connectivity index (χ0) is 30.9. The van der Waals surface area contributed by atoms with Gasteiger partial charge in [0.25, 0.3) is 15.7 Å². The molecule has 4 rings (SSSR count). The number of aryl methyl sites for hydroxylation is 1. The first kappa shape index (κ1) is 32.3. The van der Waals surface area contributed by atoms with E-state index in [1.165, 1.54) is 13.1 Å². The summed E-state index contributed by atoms with van der Waals surface area (Å²) in [7, 11) is -10.4. The fourth-order valence-electron chi connectivity index (χ4n) is 6.35. The molecule has 41 heavy (non-hydrogen) atoms. The number of nitrogens with zero attached hydrogens (tertiary/aromatic N) is 1. The largest absolute Gasteiger partial charge is 0.414 e. The lowest BCUT2D eigenvalue weighted by Gasteiger charge is -2.46. The second kappa shape index (κ2) is 10.8. The van der Waals surface area contributed by atoms with Crippen molar-refractivity contribution >= 4 is 27.2 Å². The fraction of sp³-hybridized carbons (Fsp3) is 0.760. The lowest BCUT2D eigenvalue weighted by molar-refractivity contribution is -0.101. The summed E-state index contributed by atoms with van der Waals surface area (Å²) in [6.45, 7) is 17.8. The van der Waals surface area contributed by atoms with Gasteiger partial charge in [0.15, 0.2) is 11.8 Å². The lowest BCUT2D eigenvalue weighted by atomic mass is 9.86. The minimum atomic E-state index is -4.32. The van der Waals surface area contributed by atoms with E-state index in [4.69, 9.17) is 27.6 Å². The highest BCUT2D eigenvalue weighted by Crippen LogP contribution is 2.52. The van der Waals surface area contributed by atoms with Crippen LogP contribution in [0.15, 0.2) is 26.9 Å². The third kappa shape index (κ3) is 5.04. The van der Waals surface area contributed by atoms with E-state index in [2.05, 4.69) is 32.7 Å². The van der Waals surface area contributed by atoms with Gasteiger partial charge in [0.05, 0.1) is 23.8 Å². The molecule has 13 nitrogen and oxygen atoms in total. The van der Waals surface area contributed by atoms with Crippen LogP contribution in [0.3, 0.4) is 0 Å². The highest BCUT2D eigenvalue weighted by Gasteiger charge is 2.69. The van der Waals surface area contributed by atoms with Gasteiger partial charge in [0, 0.05) is 11.8 Å². The molecule has 5 atom stereocenters. The molecule has 4 heterocycles. The maximum absolute atomic E-state index is 12.8. The van der Waals surface area contributed by atoms with Crippen molar-refractivity contribution in [2.75, 3.05) is 6.61 Å².